The quantitative estimate of drug-likeness (QED) is 0.758. The van der Waals surface area contributed by atoms with Gasteiger partial charge in [-0.25, -0.2) is 0 Å². The van der Waals surface area contributed by atoms with Gasteiger partial charge in [0.15, 0.2) is 0 Å². The van der Waals surface area contributed by atoms with Crippen molar-refractivity contribution in [3.05, 3.63) is 0 Å². The van der Waals surface area contributed by atoms with Crippen molar-refractivity contribution in [3.63, 3.8) is 0 Å². The maximum atomic E-state index is 11.8. The van der Waals surface area contributed by atoms with E-state index in [-0.39, 0.29) is 23.9 Å². The minimum Gasteiger partial charge on any atom is -0.349 e. The maximum absolute atomic E-state index is 11.8. The molecule has 1 amide bonds. The Bertz CT molecular complexity index is 205. The normalized spacial score (nSPS) is 16.2. The minimum atomic E-state index is -0.166. The van der Waals surface area contributed by atoms with Crippen LogP contribution in [0.3, 0.4) is 0 Å². The first-order valence-corrected chi connectivity index (χ1v) is 6.17. The number of nitrogens with two attached hydrogens (primary N) is 1. The molecule has 16 heavy (non-hydrogen) atoms. The van der Waals surface area contributed by atoms with Crippen molar-refractivity contribution < 1.29 is 4.79 Å². The molecule has 1 aliphatic carbocycles. The van der Waals surface area contributed by atoms with E-state index in [1.165, 1.54) is 19.3 Å². The van der Waals surface area contributed by atoms with E-state index >= 15 is 0 Å². The van der Waals surface area contributed by atoms with E-state index in [9.17, 15) is 4.79 Å². The third-order valence-corrected chi connectivity index (χ3v) is 3.85. The minimum absolute atomic E-state index is 0. The second-order valence-corrected chi connectivity index (χ2v) is 4.74. The van der Waals surface area contributed by atoms with Crippen molar-refractivity contribution in [2.45, 2.75) is 57.9 Å². The zero-order valence-corrected chi connectivity index (χ0v) is 11.2. The van der Waals surface area contributed by atoms with Gasteiger partial charge in [0.25, 0.3) is 0 Å². The molecular formula is C12H25ClN2O. The summed E-state index contributed by atoms with van der Waals surface area (Å²) in [5, 5.41) is 3.11. The molecule has 3 nitrogen and oxygen atoms in total. The van der Waals surface area contributed by atoms with Gasteiger partial charge in [-0.15, -0.1) is 12.4 Å². The van der Waals surface area contributed by atoms with Crippen LogP contribution in [0, 0.1) is 5.92 Å². The van der Waals surface area contributed by atoms with Crippen molar-refractivity contribution in [2.75, 3.05) is 6.54 Å². The van der Waals surface area contributed by atoms with Crippen molar-refractivity contribution in [3.8, 4) is 0 Å². The highest BCUT2D eigenvalue weighted by atomic mass is 35.5. The summed E-state index contributed by atoms with van der Waals surface area (Å²) in [7, 11) is 0. The van der Waals surface area contributed by atoms with Crippen molar-refractivity contribution in [1.29, 1.82) is 0 Å². The number of nitrogens with one attached hydrogen (secondary N) is 1. The van der Waals surface area contributed by atoms with Gasteiger partial charge in [0, 0.05) is 13.0 Å². The van der Waals surface area contributed by atoms with E-state index in [1.54, 1.807) is 0 Å². The lowest BCUT2D eigenvalue weighted by molar-refractivity contribution is -0.124. The van der Waals surface area contributed by atoms with Gasteiger partial charge in [-0.2, -0.15) is 0 Å². The van der Waals surface area contributed by atoms with Gasteiger partial charge in [-0.3, -0.25) is 4.79 Å². The van der Waals surface area contributed by atoms with Gasteiger partial charge in [0.2, 0.25) is 5.91 Å². The number of hydrogen-bond donors (Lipinski definition) is 2. The first-order chi connectivity index (χ1) is 7.15. The Morgan fingerprint density at radius 2 is 1.94 bits per heavy atom. The highest BCUT2D eigenvalue weighted by Crippen LogP contribution is 2.29. The Labute approximate surface area is 105 Å². The smallest absolute Gasteiger partial charge is 0.220 e. The molecule has 1 saturated carbocycles. The average Bonchev–Trinajstić information content (AvgIpc) is 2.20. The second-order valence-electron chi connectivity index (χ2n) is 4.74. The predicted octanol–water partition coefficient (Wildman–Crippen LogP) is 2.23. The highest BCUT2D eigenvalue weighted by Gasteiger charge is 2.28. The van der Waals surface area contributed by atoms with Gasteiger partial charge < -0.3 is 11.1 Å². The summed E-state index contributed by atoms with van der Waals surface area (Å²) >= 11 is 0. The molecule has 1 aliphatic rings. The van der Waals surface area contributed by atoms with Gasteiger partial charge in [-0.1, -0.05) is 20.3 Å². The third kappa shape index (κ3) is 3.95. The van der Waals surface area contributed by atoms with Crippen LogP contribution in [0.25, 0.3) is 0 Å². The number of hydrogen-bond acceptors (Lipinski definition) is 2. The van der Waals surface area contributed by atoms with Crippen LogP contribution in [0.1, 0.15) is 52.4 Å². The number of carbonyl (C=O) groups is 1. The molecule has 0 aliphatic heterocycles. The number of halogens is 1. The highest BCUT2D eigenvalue weighted by molar-refractivity contribution is 5.85. The first-order valence-electron chi connectivity index (χ1n) is 6.17. The molecule has 0 aromatic heterocycles. The van der Waals surface area contributed by atoms with E-state index in [0.717, 1.165) is 12.8 Å². The van der Waals surface area contributed by atoms with Crippen molar-refractivity contribution in [2.24, 2.45) is 11.7 Å². The molecule has 1 rings (SSSR count). The Kier molecular flexibility index (Phi) is 7.00. The maximum Gasteiger partial charge on any atom is 0.220 e. The van der Waals surface area contributed by atoms with E-state index in [0.29, 0.717) is 18.9 Å². The largest absolute Gasteiger partial charge is 0.349 e. The first kappa shape index (κ1) is 15.7. The predicted molar refractivity (Wildman–Crippen MR) is 69.7 cm³/mol. The fraction of sp³-hybridized carbons (Fsp3) is 0.917. The monoisotopic (exact) mass is 248 g/mol. The summed E-state index contributed by atoms with van der Waals surface area (Å²) in [4.78, 5) is 11.8. The molecule has 1 fully saturated rings. The standard InChI is InChI=1S/C12H24N2O.ClH/c1-3-12(4-2,9-13)14-11(15)8-10-6-5-7-10;/h10H,3-9,13H2,1-2H3,(H,14,15);1H. The van der Waals surface area contributed by atoms with Gasteiger partial charge in [0.1, 0.15) is 0 Å². The molecule has 0 heterocycles. The van der Waals surface area contributed by atoms with Gasteiger partial charge in [-0.05, 0) is 31.6 Å². The summed E-state index contributed by atoms with van der Waals surface area (Å²) in [5.41, 5.74) is 5.57. The van der Waals surface area contributed by atoms with E-state index in [2.05, 4.69) is 19.2 Å². The molecule has 0 radical (unpaired) electrons. The van der Waals surface area contributed by atoms with Crippen LogP contribution in [-0.4, -0.2) is 18.0 Å². The van der Waals surface area contributed by atoms with Crippen molar-refractivity contribution >= 4 is 18.3 Å². The second kappa shape index (κ2) is 7.13. The summed E-state index contributed by atoms with van der Waals surface area (Å²) in [6.45, 7) is 4.70. The van der Waals surface area contributed by atoms with Gasteiger partial charge in [0.05, 0.1) is 5.54 Å². The number of amides is 1. The molecule has 96 valence electrons. The molecule has 4 heteroatoms. The number of rotatable bonds is 6. The molecule has 0 unspecified atom stereocenters. The Balaban J connectivity index is 0.00000225. The summed E-state index contributed by atoms with van der Waals surface area (Å²) in [5.74, 6) is 0.822. The molecule has 0 aromatic rings. The summed E-state index contributed by atoms with van der Waals surface area (Å²) < 4.78 is 0. The van der Waals surface area contributed by atoms with E-state index in [1.807, 2.05) is 0 Å². The molecule has 0 aromatic carbocycles. The fourth-order valence-electron chi connectivity index (χ4n) is 2.07. The Morgan fingerprint density at radius 1 is 1.38 bits per heavy atom. The van der Waals surface area contributed by atoms with Crippen molar-refractivity contribution in [1.82, 2.24) is 5.32 Å². The fourth-order valence-corrected chi connectivity index (χ4v) is 2.07. The van der Waals surface area contributed by atoms with Crippen LogP contribution in [0.4, 0.5) is 0 Å². The SMILES string of the molecule is CCC(CC)(CN)NC(=O)CC1CCC1.Cl. The lowest BCUT2D eigenvalue weighted by atomic mass is 9.82. The third-order valence-electron chi connectivity index (χ3n) is 3.85. The molecule has 0 saturated heterocycles. The van der Waals surface area contributed by atoms with E-state index in [4.69, 9.17) is 5.73 Å². The molecule has 0 bridgehead atoms. The lowest BCUT2D eigenvalue weighted by Gasteiger charge is -2.33. The molecular weight excluding hydrogens is 224 g/mol. The Hall–Kier alpha value is -0.280. The molecule has 0 spiro atoms. The summed E-state index contributed by atoms with van der Waals surface area (Å²) in [6, 6.07) is 0. The summed E-state index contributed by atoms with van der Waals surface area (Å²) in [6.07, 6.45) is 6.26. The topological polar surface area (TPSA) is 55.1 Å². The van der Waals surface area contributed by atoms with Crippen LogP contribution < -0.4 is 11.1 Å². The van der Waals surface area contributed by atoms with Crippen LogP contribution >= 0.6 is 12.4 Å². The van der Waals surface area contributed by atoms with E-state index < -0.39 is 0 Å². The zero-order valence-electron chi connectivity index (χ0n) is 10.4. The van der Waals surface area contributed by atoms with Crippen LogP contribution in [0.2, 0.25) is 0 Å². The lowest BCUT2D eigenvalue weighted by Crippen LogP contribution is -2.53. The van der Waals surface area contributed by atoms with Gasteiger partial charge >= 0.3 is 0 Å². The molecule has 3 N–H and O–H groups in total. The average molecular weight is 249 g/mol. The number of carbonyl (C=O) groups excluding carboxylic acids is 1. The zero-order chi connectivity index (χ0) is 11.3. The van der Waals surface area contributed by atoms with Crippen LogP contribution in [-0.2, 0) is 4.79 Å². The molecule has 0 atom stereocenters. The van der Waals surface area contributed by atoms with Crippen LogP contribution in [0.15, 0.2) is 0 Å². The van der Waals surface area contributed by atoms with Crippen LogP contribution in [0.5, 0.6) is 0 Å². The Morgan fingerprint density at radius 3 is 2.25 bits per heavy atom.